The van der Waals surface area contributed by atoms with Crippen LogP contribution in [0.1, 0.15) is 58.3 Å². The minimum Gasteiger partial charge on any atom is -0.352 e. The topological polar surface area (TPSA) is 41.1 Å². The Kier molecular flexibility index (Phi) is 7.23. The highest BCUT2D eigenvalue weighted by atomic mass is 16.1. The first-order valence-electron chi connectivity index (χ1n) is 6.83. The summed E-state index contributed by atoms with van der Waals surface area (Å²) < 4.78 is 0. The first-order chi connectivity index (χ1) is 7.83. The second-order valence-corrected chi connectivity index (χ2v) is 4.78. The molecule has 3 nitrogen and oxygen atoms in total. The van der Waals surface area contributed by atoms with Gasteiger partial charge in [0.15, 0.2) is 0 Å². The highest BCUT2D eigenvalue weighted by Crippen LogP contribution is 2.06. The van der Waals surface area contributed by atoms with E-state index in [1.54, 1.807) is 0 Å². The molecule has 1 fully saturated rings. The third-order valence-electron chi connectivity index (χ3n) is 3.17. The van der Waals surface area contributed by atoms with Crippen LogP contribution in [0.4, 0.5) is 0 Å². The molecular weight excluding hydrogens is 200 g/mol. The molecule has 1 heterocycles. The minimum absolute atomic E-state index is 0.241. The number of unbranched alkanes of at least 4 members (excludes halogenated alkanes) is 3. The van der Waals surface area contributed by atoms with Gasteiger partial charge in [-0.15, -0.1) is 0 Å². The van der Waals surface area contributed by atoms with E-state index < -0.39 is 0 Å². The van der Waals surface area contributed by atoms with Crippen LogP contribution in [0.15, 0.2) is 0 Å². The number of amides is 1. The number of nitrogens with one attached hydrogen (secondary N) is 2. The summed E-state index contributed by atoms with van der Waals surface area (Å²) in [5, 5.41) is 6.50. The first-order valence-corrected chi connectivity index (χ1v) is 6.83. The molecule has 1 rings (SSSR count). The minimum atomic E-state index is 0.241. The molecule has 1 atom stereocenters. The van der Waals surface area contributed by atoms with Gasteiger partial charge in [-0.05, 0) is 25.8 Å². The largest absolute Gasteiger partial charge is 0.352 e. The molecule has 0 saturated carbocycles. The van der Waals surface area contributed by atoms with Gasteiger partial charge in [0.2, 0.25) is 5.91 Å². The van der Waals surface area contributed by atoms with Gasteiger partial charge in [-0.1, -0.05) is 32.6 Å². The Labute approximate surface area is 99.4 Å². The molecule has 0 bridgehead atoms. The van der Waals surface area contributed by atoms with Gasteiger partial charge in [0.05, 0.1) is 0 Å². The predicted molar refractivity (Wildman–Crippen MR) is 67.4 cm³/mol. The predicted octanol–water partition coefficient (Wildman–Crippen LogP) is 2.22. The maximum atomic E-state index is 11.6. The van der Waals surface area contributed by atoms with E-state index in [9.17, 15) is 4.79 Å². The lowest BCUT2D eigenvalue weighted by molar-refractivity contribution is -0.121. The molecular formula is C13H26N2O. The van der Waals surface area contributed by atoms with Crippen molar-refractivity contribution in [3.8, 4) is 0 Å². The van der Waals surface area contributed by atoms with Gasteiger partial charge in [-0.25, -0.2) is 0 Å². The number of carbonyl (C=O) groups is 1. The van der Waals surface area contributed by atoms with Crippen molar-refractivity contribution >= 4 is 5.91 Å². The smallest absolute Gasteiger partial charge is 0.220 e. The maximum Gasteiger partial charge on any atom is 0.220 e. The number of hydrogen-bond donors (Lipinski definition) is 2. The van der Waals surface area contributed by atoms with Crippen molar-refractivity contribution in [2.45, 2.75) is 64.3 Å². The lowest BCUT2D eigenvalue weighted by atomic mass is 10.1. The fraction of sp³-hybridized carbons (Fsp3) is 0.923. The van der Waals surface area contributed by atoms with Gasteiger partial charge >= 0.3 is 0 Å². The van der Waals surface area contributed by atoms with Crippen LogP contribution in [-0.4, -0.2) is 25.0 Å². The van der Waals surface area contributed by atoms with Crippen molar-refractivity contribution in [3.63, 3.8) is 0 Å². The van der Waals surface area contributed by atoms with Crippen molar-refractivity contribution in [1.29, 1.82) is 0 Å². The van der Waals surface area contributed by atoms with Gasteiger partial charge in [-0.3, -0.25) is 4.79 Å². The van der Waals surface area contributed by atoms with Crippen molar-refractivity contribution in [1.82, 2.24) is 10.6 Å². The van der Waals surface area contributed by atoms with E-state index in [0.717, 1.165) is 25.9 Å². The second kappa shape index (κ2) is 8.57. The van der Waals surface area contributed by atoms with Crippen LogP contribution in [0.5, 0.6) is 0 Å². The molecule has 16 heavy (non-hydrogen) atoms. The highest BCUT2D eigenvalue weighted by molar-refractivity contribution is 5.76. The molecule has 0 aliphatic carbocycles. The number of carbonyl (C=O) groups excluding carboxylic acids is 1. The van der Waals surface area contributed by atoms with Crippen LogP contribution in [0.2, 0.25) is 0 Å². The van der Waals surface area contributed by atoms with Gasteiger partial charge in [0, 0.05) is 19.0 Å². The lowest BCUT2D eigenvalue weighted by Gasteiger charge is -2.16. The van der Waals surface area contributed by atoms with E-state index in [-0.39, 0.29) is 5.91 Å². The van der Waals surface area contributed by atoms with Gasteiger partial charge in [0.1, 0.15) is 0 Å². The molecule has 1 unspecified atom stereocenters. The van der Waals surface area contributed by atoms with Crippen LogP contribution in [0.25, 0.3) is 0 Å². The summed E-state index contributed by atoms with van der Waals surface area (Å²) in [6.45, 7) is 4.24. The van der Waals surface area contributed by atoms with E-state index in [2.05, 4.69) is 17.6 Å². The summed E-state index contributed by atoms with van der Waals surface area (Å²) in [7, 11) is 0. The highest BCUT2D eigenvalue weighted by Gasteiger charge is 2.13. The quantitative estimate of drug-likeness (QED) is 0.682. The number of hydrogen-bond acceptors (Lipinski definition) is 2. The molecule has 0 aromatic heterocycles. The summed E-state index contributed by atoms with van der Waals surface area (Å²) in [6, 6.07) is 0.362. The molecule has 2 N–H and O–H groups in total. The fourth-order valence-corrected chi connectivity index (χ4v) is 2.15. The third-order valence-corrected chi connectivity index (χ3v) is 3.17. The normalized spacial score (nSPS) is 21.4. The van der Waals surface area contributed by atoms with Crippen LogP contribution >= 0.6 is 0 Å². The molecule has 0 aromatic carbocycles. The summed E-state index contributed by atoms with van der Waals surface area (Å²) in [5.41, 5.74) is 0. The van der Waals surface area contributed by atoms with Crippen molar-refractivity contribution in [3.05, 3.63) is 0 Å². The van der Waals surface area contributed by atoms with Gasteiger partial charge in [-0.2, -0.15) is 0 Å². The van der Waals surface area contributed by atoms with Crippen molar-refractivity contribution in [2.24, 2.45) is 0 Å². The Morgan fingerprint density at radius 2 is 2.19 bits per heavy atom. The standard InChI is InChI=1S/C13H26N2O/c1-2-3-4-5-9-13(16)15-12-8-6-7-10-14-11-12/h12,14H,2-11H2,1H3,(H,15,16). The van der Waals surface area contributed by atoms with E-state index in [1.165, 1.54) is 32.1 Å². The molecule has 0 radical (unpaired) electrons. The Balaban J connectivity index is 2.07. The molecule has 1 aliphatic heterocycles. The molecule has 3 heteroatoms. The summed E-state index contributed by atoms with van der Waals surface area (Å²) in [6.07, 6.45) is 9.01. The van der Waals surface area contributed by atoms with E-state index in [4.69, 9.17) is 0 Å². The van der Waals surface area contributed by atoms with Crippen LogP contribution in [0, 0.1) is 0 Å². The van der Waals surface area contributed by atoms with Crippen LogP contribution in [-0.2, 0) is 4.79 Å². The van der Waals surface area contributed by atoms with Crippen LogP contribution in [0.3, 0.4) is 0 Å². The Hall–Kier alpha value is -0.570. The molecule has 1 saturated heterocycles. The Bertz CT molecular complexity index is 186. The molecule has 1 aliphatic rings. The maximum absolute atomic E-state index is 11.6. The summed E-state index contributed by atoms with van der Waals surface area (Å²) >= 11 is 0. The third kappa shape index (κ3) is 6.11. The zero-order valence-corrected chi connectivity index (χ0v) is 10.6. The van der Waals surface area contributed by atoms with Crippen molar-refractivity contribution in [2.75, 3.05) is 13.1 Å². The number of rotatable bonds is 6. The first kappa shape index (κ1) is 13.5. The molecule has 94 valence electrons. The SMILES string of the molecule is CCCCCCC(=O)NC1CCCCNC1. The zero-order chi connectivity index (χ0) is 11.6. The average molecular weight is 226 g/mol. The van der Waals surface area contributed by atoms with Crippen molar-refractivity contribution < 1.29 is 4.79 Å². The molecule has 1 amide bonds. The van der Waals surface area contributed by atoms with Gasteiger partial charge < -0.3 is 10.6 Å². The van der Waals surface area contributed by atoms with Gasteiger partial charge in [0.25, 0.3) is 0 Å². The second-order valence-electron chi connectivity index (χ2n) is 4.78. The van der Waals surface area contributed by atoms with Crippen LogP contribution < -0.4 is 10.6 Å². The Morgan fingerprint density at radius 1 is 1.31 bits per heavy atom. The average Bonchev–Trinajstić information content (AvgIpc) is 2.53. The monoisotopic (exact) mass is 226 g/mol. The summed E-state index contributed by atoms with van der Waals surface area (Å²) in [5.74, 6) is 0.241. The molecule has 0 spiro atoms. The van der Waals surface area contributed by atoms with E-state index in [0.29, 0.717) is 12.5 Å². The Morgan fingerprint density at radius 3 is 3.00 bits per heavy atom. The molecule has 0 aromatic rings. The zero-order valence-electron chi connectivity index (χ0n) is 10.6. The lowest BCUT2D eigenvalue weighted by Crippen LogP contribution is -2.40. The van der Waals surface area contributed by atoms with E-state index in [1.807, 2.05) is 0 Å². The fourth-order valence-electron chi connectivity index (χ4n) is 2.15. The summed E-state index contributed by atoms with van der Waals surface area (Å²) in [4.78, 5) is 11.6. The van der Waals surface area contributed by atoms with E-state index >= 15 is 0 Å².